The molecule has 0 saturated carbocycles. The Kier molecular flexibility index (Phi) is 12.4. The van der Waals surface area contributed by atoms with Crippen LogP contribution in [0, 0.1) is 36.8 Å². The number of aliphatic imine (C=N–C) groups is 2. The first-order valence-electron chi connectivity index (χ1n) is 13.1. The van der Waals surface area contributed by atoms with Gasteiger partial charge in [0.2, 0.25) is 0 Å². The van der Waals surface area contributed by atoms with E-state index in [1.807, 2.05) is 19.9 Å². The largest absolute Gasteiger partial charge is 0.352 e. The molecule has 2 rings (SSSR count). The molecule has 1 amide bonds. The van der Waals surface area contributed by atoms with E-state index in [2.05, 4.69) is 27.5 Å². The molecule has 8 heteroatoms. The number of halogens is 2. The van der Waals surface area contributed by atoms with Crippen molar-refractivity contribution in [3.05, 3.63) is 82.7 Å². The highest BCUT2D eigenvalue weighted by molar-refractivity contribution is 6.45. The average molecular weight is 536 g/mol. The standard InChI is InChI=1S/C31H39F2N5O/c1-7-16-35-30(24(6)37-19-23(5)26-12-10-21(3)28(32)29(26)33)38-25-11-13-27(22(4)18-25)31(39)36-17-14-20(2)9-8-15-34/h7,10-13,15-16,18-20,34H,8-9,14,17H2,1-6H3,(H,35,38)(H,36,39)/b16-7-,23-19+,34-15?,37-24+. The minimum Gasteiger partial charge on any atom is -0.352 e. The Bertz CT molecular complexity index is 1290. The summed E-state index contributed by atoms with van der Waals surface area (Å²) in [5.74, 6) is -0.967. The number of carbonyl (C=O) groups excluding carboxylic acids is 1. The lowest BCUT2D eigenvalue weighted by molar-refractivity contribution is 0.0951. The van der Waals surface area contributed by atoms with Gasteiger partial charge in [-0.15, -0.1) is 0 Å². The molecule has 0 aliphatic carbocycles. The maximum atomic E-state index is 14.4. The molecule has 0 spiro atoms. The second kappa shape index (κ2) is 15.5. The highest BCUT2D eigenvalue weighted by Crippen LogP contribution is 2.22. The van der Waals surface area contributed by atoms with Gasteiger partial charge in [-0.3, -0.25) is 9.79 Å². The molecule has 0 heterocycles. The molecule has 0 aliphatic rings. The van der Waals surface area contributed by atoms with Crippen LogP contribution in [0.5, 0.6) is 0 Å². The fraction of sp³-hybridized carbons (Fsp3) is 0.355. The molecule has 0 bridgehead atoms. The number of allylic oxidation sites excluding steroid dienone is 2. The predicted octanol–water partition coefficient (Wildman–Crippen LogP) is 7.63. The lowest BCUT2D eigenvalue weighted by Crippen LogP contribution is -2.26. The van der Waals surface area contributed by atoms with Gasteiger partial charge in [-0.05, 0) is 101 Å². The second-order valence-electron chi connectivity index (χ2n) is 9.63. The van der Waals surface area contributed by atoms with Crippen LogP contribution in [-0.4, -0.2) is 30.2 Å². The molecule has 0 fully saturated rings. The summed E-state index contributed by atoms with van der Waals surface area (Å²) in [7, 11) is 0. The van der Waals surface area contributed by atoms with Gasteiger partial charge in [-0.2, -0.15) is 0 Å². The Morgan fingerprint density at radius 1 is 1.03 bits per heavy atom. The molecule has 0 aliphatic heterocycles. The van der Waals surface area contributed by atoms with E-state index in [-0.39, 0.29) is 17.0 Å². The number of carbonyl (C=O) groups is 1. The third-order valence-electron chi connectivity index (χ3n) is 6.31. The van der Waals surface area contributed by atoms with Crippen molar-refractivity contribution in [3.8, 4) is 0 Å². The average Bonchev–Trinajstić information content (AvgIpc) is 2.91. The summed E-state index contributed by atoms with van der Waals surface area (Å²) in [4.78, 5) is 21.6. The van der Waals surface area contributed by atoms with E-state index >= 15 is 0 Å². The number of aryl methyl sites for hydroxylation is 2. The van der Waals surface area contributed by atoms with Crippen molar-refractivity contribution in [1.29, 1.82) is 5.41 Å². The first kappa shape index (κ1) is 31.3. The topological polar surface area (TPSA) is 89.7 Å². The van der Waals surface area contributed by atoms with Crippen LogP contribution in [0.25, 0.3) is 5.57 Å². The summed E-state index contributed by atoms with van der Waals surface area (Å²) in [5, 5.41) is 13.4. The van der Waals surface area contributed by atoms with Crippen molar-refractivity contribution in [3.63, 3.8) is 0 Å². The molecule has 1 atom stereocenters. The van der Waals surface area contributed by atoms with Crippen molar-refractivity contribution in [1.82, 2.24) is 5.32 Å². The van der Waals surface area contributed by atoms with Gasteiger partial charge < -0.3 is 16.0 Å². The summed E-state index contributed by atoms with van der Waals surface area (Å²) in [5.41, 5.74) is 3.55. The van der Waals surface area contributed by atoms with Gasteiger partial charge in [0, 0.05) is 35.8 Å². The first-order chi connectivity index (χ1) is 18.6. The zero-order chi connectivity index (χ0) is 28.9. The summed E-state index contributed by atoms with van der Waals surface area (Å²) in [6.45, 7) is 11.4. The first-order valence-corrected chi connectivity index (χ1v) is 13.1. The van der Waals surface area contributed by atoms with Crippen LogP contribution in [0.2, 0.25) is 0 Å². The molecule has 1 unspecified atom stereocenters. The summed E-state index contributed by atoms with van der Waals surface area (Å²) in [6, 6.07) is 8.51. The van der Waals surface area contributed by atoms with Gasteiger partial charge in [-0.1, -0.05) is 25.1 Å². The van der Waals surface area contributed by atoms with Crippen molar-refractivity contribution < 1.29 is 13.6 Å². The Hall–Kier alpha value is -3.94. The number of rotatable bonds is 12. The van der Waals surface area contributed by atoms with E-state index in [4.69, 9.17) is 5.41 Å². The van der Waals surface area contributed by atoms with Gasteiger partial charge in [0.25, 0.3) is 5.91 Å². The minimum atomic E-state index is -0.894. The number of nitrogens with zero attached hydrogens (tertiary/aromatic N) is 2. The smallest absolute Gasteiger partial charge is 0.251 e. The van der Waals surface area contributed by atoms with E-state index in [9.17, 15) is 13.6 Å². The number of hydrogen-bond acceptors (Lipinski definition) is 4. The molecule has 0 radical (unpaired) electrons. The monoisotopic (exact) mass is 535 g/mol. The lowest BCUT2D eigenvalue weighted by Gasteiger charge is -2.14. The normalized spacial score (nSPS) is 13.5. The van der Waals surface area contributed by atoms with Gasteiger partial charge in [0.1, 0.15) is 0 Å². The number of anilines is 1. The highest BCUT2D eigenvalue weighted by atomic mass is 19.2. The van der Waals surface area contributed by atoms with Crippen molar-refractivity contribution in [2.45, 2.75) is 60.8 Å². The van der Waals surface area contributed by atoms with Gasteiger partial charge in [0.05, 0.1) is 5.71 Å². The van der Waals surface area contributed by atoms with Crippen molar-refractivity contribution in [2.24, 2.45) is 15.9 Å². The minimum absolute atomic E-state index is 0.126. The Labute approximate surface area is 230 Å². The van der Waals surface area contributed by atoms with Gasteiger partial charge in [-0.25, -0.2) is 13.8 Å². The summed E-state index contributed by atoms with van der Waals surface area (Å²) >= 11 is 0. The number of hydrogen-bond donors (Lipinski definition) is 3. The molecule has 3 N–H and O–H groups in total. The van der Waals surface area contributed by atoms with E-state index in [1.54, 1.807) is 38.3 Å². The van der Waals surface area contributed by atoms with E-state index < -0.39 is 11.6 Å². The predicted molar refractivity (Wildman–Crippen MR) is 159 cm³/mol. The molecule has 0 aromatic heterocycles. The zero-order valence-electron chi connectivity index (χ0n) is 23.7. The van der Waals surface area contributed by atoms with Crippen LogP contribution in [0.3, 0.4) is 0 Å². The SMILES string of the molecule is C\C=C/N=C(Nc1ccc(C(=O)NCCC(C)CCC=N)c(C)c1)\C(C)=N\C=C(/C)c1ccc(C)c(F)c1F. The van der Waals surface area contributed by atoms with Crippen LogP contribution in [0.1, 0.15) is 74.0 Å². The molecule has 208 valence electrons. The highest BCUT2D eigenvalue weighted by Gasteiger charge is 2.13. The number of amidine groups is 1. The van der Waals surface area contributed by atoms with Gasteiger partial charge in [0.15, 0.2) is 17.5 Å². The molecule has 0 saturated heterocycles. The van der Waals surface area contributed by atoms with E-state index in [0.29, 0.717) is 35.1 Å². The number of amides is 1. The third-order valence-corrected chi connectivity index (χ3v) is 6.31. The molecule has 6 nitrogen and oxygen atoms in total. The van der Waals surface area contributed by atoms with Crippen molar-refractivity contribution >= 4 is 34.9 Å². The second-order valence-corrected chi connectivity index (χ2v) is 9.63. The van der Waals surface area contributed by atoms with Crippen molar-refractivity contribution in [2.75, 3.05) is 11.9 Å². The fourth-order valence-corrected chi connectivity index (χ4v) is 3.81. The maximum Gasteiger partial charge on any atom is 0.251 e. The quantitative estimate of drug-likeness (QED) is 0.193. The maximum absolute atomic E-state index is 14.4. The van der Waals surface area contributed by atoms with E-state index in [1.165, 1.54) is 31.5 Å². The van der Waals surface area contributed by atoms with Crippen LogP contribution in [0.15, 0.2) is 58.8 Å². The molecular weight excluding hydrogens is 496 g/mol. The van der Waals surface area contributed by atoms with Crippen LogP contribution < -0.4 is 10.6 Å². The summed E-state index contributed by atoms with van der Waals surface area (Å²) in [6.07, 6.45) is 8.88. The Morgan fingerprint density at radius 2 is 1.74 bits per heavy atom. The molecule has 39 heavy (non-hydrogen) atoms. The lowest BCUT2D eigenvalue weighted by atomic mass is 10.0. The molecule has 2 aromatic rings. The molecule has 2 aromatic carbocycles. The van der Waals surface area contributed by atoms with Crippen LogP contribution in [-0.2, 0) is 0 Å². The number of benzene rings is 2. The molecular formula is C31H39F2N5O. The van der Waals surface area contributed by atoms with Crippen LogP contribution >= 0.6 is 0 Å². The Balaban J connectivity index is 2.16. The Morgan fingerprint density at radius 3 is 2.41 bits per heavy atom. The van der Waals surface area contributed by atoms with Gasteiger partial charge >= 0.3 is 0 Å². The number of nitrogens with one attached hydrogen (secondary N) is 3. The third kappa shape index (κ3) is 9.39. The van der Waals surface area contributed by atoms with E-state index in [0.717, 1.165) is 30.5 Å². The fourth-order valence-electron chi connectivity index (χ4n) is 3.81. The van der Waals surface area contributed by atoms with Crippen LogP contribution in [0.4, 0.5) is 14.5 Å². The summed E-state index contributed by atoms with van der Waals surface area (Å²) < 4.78 is 28.4. The zero-order valence-corrected chi connectivity index (χ0v) is 23.7.